The molecule has 184 valence electrons. The van der Waals surface area contributed by atoms with Crippen molar-refractivity contribution in [1.29, 1.82) is 0 Å². The van der Waals surface area contributed by atoms with Crippen LogP contribution in [0, 0.1) is 12.7 Å². The number of aryl methyl sites for hydroxylation is 1. The summed E-state index contributed by atoms with van der Waals surface area (Å²) in [6.45, 7) is 1.79. The molecule has 0 bridgehead atoms. The van der Waals surface area contributed by atoms with E-state index in [1.807, 2.05) is 55.5 Å². The average molecular weight is 486 g/mol. The van der Waals surface area contributed by atoms with Gasteiger partial charge in [0, 0.05) is 11.7 Å². The molecule has 36 heavy (non-hydrogen) atoms. The minimum atomic E-state index is -0.931. The van der Waals surface area contributed by atoms with Crippen LogP contribution in [0.1, 0.15) is 42.9 Å². The summed E-state index contributed by atoms with van der Waals surface area (Å²) in [5, 5.41) is 11.5. The fourth-order valence-corrected chi connectivity index (χ4v) is 4.92. The van der Waals surface area contributed by atoms with Crippen molar-refractivity contribution in [2.24, 2.45) is 0 Å². The molecule has 5 rings (SSSR count). The van der Waals surface area contributed by atoms with Crippen molar-refractivity contribution >= 4 is 28.5 Å². The Labute approximate surface area is 208 Å². The van der Waals surface area contributed by atoms with Gasteiger partial charge in [-0.15, -0.1) is 5.10 Å². The molecule has 1 aliphatic rings. The van der Waals surface area contributed by atoms with Gasteiger partial charge in [0.15, 0.2) is 0 Å². The van der Waals surface area contributed by atoms with Gasteiger partial charge in [-0.1, -0.05) is 54.5 Å². The molecular weight excluding hydrogens is 457 g/mol. The van der Waals surface area contributed by atoms with E-state index in [0.29, 0.717) is 22.3 Å². The summed E-state index contributed by atoms with van der Waals surface area (Å²) in [5.41, 5.74) is 3.42. The van der Waals surface area contributed by atoms with Gasteiger partial charge < -0.3 is 5.32 Å². The Hall–Kier alpha value is -4.07. The number of aromatic nitrogens is 3. The zero-order valence-corrected chi connectivity index (χ0v) is 20.1. The summed E-state index contributed by atoms with van der Waals surface area (Å²) in [5.74, 6) is -1.03. The number of fused-ring (bicyclic) bond motifs is 1. The minimum Gasteiger partial charge on any atom is -0.351 e. The zero-order valence-electron chi connectivity index (χ0n) is 20.1. The van der Waals surface area contributed by atoms with E-state index < -0.39 is 11.9 Å². The number of carbonyl (C=O) groups is 2. The lowest BCUT2D eigenvalue weighted by Crippen LogP contribution is -2.47. The van der Waals surface area contributed by atoms with Crippen LogP contribution in [0.3, 0.4) is 0 Å². The maximum atomic E-state index is 14.0. The van der Waals surface area contributed by atoms with Crippen LogP contribution in [0.5, 0.6) is 0 Å². The molecule has 2 amide bonds. The van der Waals surface area contributed by atoms with E-state index in [1.165, 1.54) is 33.8 Å². The van der Waals surface area contributed by atoms with Crippen molar-refractivity contribution in [2.45, 2.75) is 51.2 Å². The minimum absolute atomic E-state index is 0.0773. The van der Waals surface area contributed by atoms with Gasteiger partial charge in [0.25, 0.3) is 0 Å². The van der Waals surface area contributed by atoms with Crippen LogP contribution in [0.15, 0.2) is 72.8 Å². The first-order valence-electron chi connectivity index (χ1n) is 12.2. The van der Waals surface area contributed by atoms with E-state index >= 15 is 0 Å². The molecule has 1 aliphatic carbocycles. The third kappa shape index (κ3) is 4.84. The molecule has 0 saturated heterocycles. The van der Waals surface area contributed by atoms with Gasteiger partial charge in [0.05, 0.1) is 5.52 Å². The third-order valence-corrected chi connectivity index (χ3v) is 6.77. The van der Waals surface area contributed by atoms with Crippen molar-refractivity contribution < 1.29 is 14.0 Å². The number of hydrogen-bond donors (Lipinski definition) is 1. The average Bonchev–Trinajstić information content (AvgIpc) is 3.54. The molecule has 7 nitrogen and oxygen atoms in total. The van der Waals surface area contributed by atoms with Crippen molar-refractivity contribution in [3.63, 3.8) is 0 Å². The predicted octanol–water partition coefficient (Wildman–Crippen LogP) is 4.71. The standard InChI is InChI=1S/C28H28FN5O2/c1-19-8-2-5-11-23(19)27(28(36)30-21-9-3-4-10-21)34(22-16-14-20(29)15-17-22)26(35)18-33-25-13-7-6-12-24(25)31-32-33/h2,5-8,11-17,21,27H,3-4,9-10,18H2,1H3,(H,30,36)/t27-/m0/s1. The Kier molecular flexibility index (Phi) is 6.75. The summed E-state index contributed by atoms with van der Waals surface area (Å²) < 4.78 is 15.4. The quantitative estimate of drug-likeness (QED) is 0.411. The van der Waals surface area contributed by atoms with Gasteiger partial charge in [0.1, 0.15) is 23.9 Å². The second-order valence-electron chi connectivity index (χ2n) is 9.23. The van der Waals surface area contributed by atoms with Crippen molar-refractivity contribution in [3.05, 3.63) is 89.7 Å². The van der Waals surface area contributed by atoms with Gasteiger partial charge in [0.2, 0.25) is 11.8 Å². The molecule has 0 spiro atoms. The van der Waals surface area contributed by atoms with Crippen molar-refractivity contribution in [2.75, 3.05) is 4.90 Å². The summed E-state index contributed by atoms with van der Waals surface area (Å²) in [6, 6.07) is 19.7. The molecule has 0 radical (unpaired) electrons. The molecule has 4 aromatic rings. The van der Waals surface area contributed by atoms with E-state index in [0.717, 1.165) is 31.2 Å². The summed E-state index contributed by atoms with van der Waals surface area (Å²) in [4.78, 5) is 29.3. The first kappa shape index (κ1) is 23.7. The number of anilines is 1. The topological polar surface area (TPSA) is 80.1 Å². The lowest BCUT2D eigenvalue weighted by atomic mass is 9.97. The maximum absolute atomic E-state index is 14.0. The number of hydrogen-bond acceptors (Lipinski definition) is 4. The molecule has 1 aromatic heterocycles. The molecule has 1 heterocycles. The second kappa shape index (κ2) is 10.3. The van der Waals surface area contributed by atoms with Crippen molar-refractivity contribution in [1.82, 2.24) is 20.3 Å². The van der Waals surface area contributed by atoms with E-state index in [4.69, 9.17) is 0 Å². The Morgan fingerprint density at radius 2 is 1.72 bits per heavy atom. The lowest BCUT2D eigenvalue weighted by Gasteiger charge is -2.33. The van der Waals surface area contributed by atoms with Crippen LogP contribution < -0.4 is 10.2 Å². The number of rotatable bonds is 7. The van der Waals surface area contributed by atoms with Crippen LogP contribution >= 0.6 is 0 Å². The lowest BCUT2D eigenvalue weighted by molar-refractivity contribution is -0.127. The normalized spacial score (nSPS) is 14.6. The van der Waals surface area contributed by atoms with Gasteiger partial charge >= 0.3 is 0 Å². The molecule has 1 fully saturated rings. The third-order valence-electron chi connectivity index (χ3n) is 6.77. The highest BCUT2D eigenvalue weighted by molar-refractivity contribution is 6.01. The van der Waals surface area contributed by atoms with Gasteiger partial charge in [-0.05, 0) is 67.3 Å². The monoisotopic (exact) mass is 485 g/mol. The molecular formula is C28H28FN5O2. The van der Waals surface area contributed by atoms with Crippen LogP contribution in [-0.4, -0.2) is 32.9 Å². The maximum Gasteiger partial charge on any atom is 0.249 e. The number of benzene rings is 3. The number of nitrogens with one attached hydrogen (secondary N) is 1. The van der Waals surface area contributed by atoms with E-state index in [1.54, 1.807) is 0 Å². The zero-order chi connectivity index (χ0) is 25.1. The number of halogens is 1. The molecule has 0 unspecified atom stereocenters. The largest absolute Gasteiger partial charge is 0.351 e. The highest BCUT2D eigenvalue weighted by Crippen LogP contribution is 2.31. The fourth-order valence-electron chi connectivity index (χ4n) is 4.92. The summed E-state index contributed by atoms with van der Waals surface area (Å²) >= 11 is 0. The van der Waals surface area contributed by atoms with E-state index in [-0.39, 0.29) is 24.4 Å². The van der Waals surface area contributed by atoms with E-state index in [9.17, 15) is 14.0 Å². The smallest absolute Gasteiger partial charge is 0.249 e. The van der Waals surface area contributed by atoms with E-state index in [2.05, 4.69) is 15.6 Å². The Bertz CT molecular complexity index is 1380. The number of para-hydroxylation sites is 1. The molecule has 1 N–H and O–H groups in total. The highest BCUT2D eigenvalue weighted by atomic mass is 19.1. The summed E-state index contributed by atoms with van der Waals surface area (Å²) in [7, 11) is 0. The molecule has 3 aromatic carbocycles. The van der Waals surface area contributed by atoms with Gasteiger partial charge in [-0.25, -0.2) is 9.07 Å². The predicted molar refractivity (Wildman–Crippen MR) is 136 cm³/mol. The van der Waals surface area contributed by atoms with Crippen LogP contribution in [0.4, 0.5) is 10.1 Å². The van der Waals surface area contributed by atoms with Crippen LogP contribution in [-0.2, 0) is 16.1 Å². The number of amides is 2. The van der Waals surface area contributed by atoms with Crippen LogP contribution in [0.25, 0.3) is 11.0 Å². The van der Waals surface area contributed by atoms with Crippen LogP contribution in [0.2, 0.25) is 0 Å². The van der Waals surface area contributed by atoms with Crippen molar-refractivity contribution in [3.8, 4) is 0 Å². The first-order valence-corrected chi connectivity index (χ1v) is 12.2. The Morgan fingerprint density at radius 1 is 1.03 bits per heavy atom. The SMILES string of the molecule is Cc1ccccc1[C@@H](C(=O)NC1CCCC1)N(C(=O)Cn1nnc2ccccc21)c1ccc(F)cc1. The number of nitrogens with zero attached hydrogens (tertiary/aromatic N) is 4. The molecule has 1 saturated carbocycles. The Balaban J connectivity index is 1.58. The molecule has 1 atom stereocenters. The molecule has 0 aliphatic heterocycles. The van der Waals surface area contributed by atoms with Gasteiger partial charge in [-0.3, -0.25) is 14.5 Å². The van der Waals surface area contributed by atoms with Gasteiger partial charge in [-0.2, -0.15) is 0 Å². The summed E-state index contributed by atoms with van der Waals surface area (Å²) in [6.07, 6.45) is 3.98. The first-order chi connectivity index (χ1) is 17.5. The molecule has 8 heteroatoms. The number of carbonyl (C=O) groups excluding carboxylic acids is 2. The highest BCUT2D eigenvalue weighted by Gasteiger charge is 2.35. The Morgan fingerprint density at radius 3 is 2.47 bits per heavy atom. The fraction of sp³-hybridized carbons (Fsp3) is 0.286. The second-order valence-corrected chi connectivity index (χ2v) is 9.23.